The lowest BCUT2D eigenvalue weighted by Gasteiger charge is -2.23. The molecule has 2 aromatic rings. The minimum Gasteiger partial charge on any atom is -0.341 e. The number of rotatable bonds is 3. The van der Waals surface area contributed by atoms with Gasteiger partial charge in [0.1, 0.15) is 0 Å². The first-order valence-corrected chi connectivity index (χ1v) is 9.29. The lowest BCUT2D eigenvalue weighted by atomic mass is 10.1. The molecule has 136 valence electrons. The van der Waals surface area contributed by atoms with Crippen LogP contribution in [-0.2, 0) is 11.2 Å². The molecule has 26 heavy (non-hydrogen) atoms. The summed E-state index contributed by atoms with van der Waals surface area (Å²) in [6.45, 7) is 4.43. The molecule has 3 rings (SSSR count). The van der Waals surface area contributed by atoms with Gasteiger partial charge in [-0.25, -0.2) is 0 Å². The van der Waals surface area contributed by atoms with Crippen LogP contribution in [0.3, 0.4) is 0 Å². The van der Waals surface area contributed by atoms with E-state index in [1.165, 1.54) is 0 Å². The predicted molar refractivity (Wildman–Crippen MR) is 103 cm³/mol. The smallest absolute Gasteiger partial charge is 0.254 e. The van der Waals surface area contributed by atoms with Gasteiger partial charge >= 0.3 is 0 Å². The van der Waals surface area contributed by atoms with Gasteiger partial charge in [0.25, 0.3) is 5.91 Å². The zero-order valence-electron chi connectivity index (χ0n) is 15.0. The van der Waals surface area contributed by atoms with E-state index in [1.807, 2.05) is 59.2 Å². The molecule has 5 heteroatoms. The molecular formula is C21H23ClN2O2. The average molecular weight is 371 g/mol. The number of nitrogens with zero attached hydrogens (tertiary/aromatic N) is 2. The fourth-order valence-corrected chi connectivity index (χ4v) is 3.50. The number of amides is 2. The second-order valence-electron chi connectivity index (χ2n) is 6.65. The quantitative estimate of drug-likeness (QED) is 0.828. The third-order valence-electron chi connectivity index (χ3n) is 4.76. The fraction of sp³-hybridized carbons (Fsp3) is 0.333. The van der Waals surface area contributed by atoms with E-state index in [2.05, 4.69) is 0 Å². The van der Waals surface area contributed by atoms with Crippen molar-refractivity contribution in [3.8, 4) is 0 Å². The highest BCUT2D eigenvalue weighted by Crippen LogP contribution is 2.15. The number of carbonyl (C=O) groups excluding carboxylic acids is 2. The summed E-state index contributed by atoms with van der Waals surface area (Å²) < 4.78 is 0. The van der Waals surface area contributed by atoms with Crippen LogP contribution >= 0.6 is 11.6 Å². The summed E-state index contributed by atoms with van der Waals surface area (Å²) in [6.07, 6.45) is 1.13. The van der Waals surface area contributed by atoms with Crippen molar-refractivity contribution in [3.05, 3.63) is 70.2 Å². The second kappa shape index (κ2) is 8.37. The van der Waals surface area contributed by atoms with E-state index < -0.39 is 0 Å². The molecule has 2 aromatic carbocycles. The third kappa shape index (κ3) is 4.44. The van der Waals surface area contributed by atoms with Crippen molar-refractivity contribution in [2.45, 2.75) is 19.8 Å². The lowest BCUT2D eigenvalue weighted by Crippen LogP contribution is -2.38. The molecule has 0 radical (unpaired) electrons. The highest BCUT2D eigenvalue weighted by atomic mass is 35.5. The Balaban J connectivity index is 1.62. The molecule has 0 aliphatic carbocycles. The maximum atomic E-state index is 12.8. The van der Waals surface area contributed by atoms with E-state index in [-0.39, 0.29) is 11.8 Å². The summed E-state index contributed by atoms with van der Waals surface area (Å²) >= 11 is 6.00. The van der Waals surface area contributed by atoms with Gasteiger partial charge < -0.3 is 9.80 Å². The number of carbonyl (C=O) groups is 2. The van der Waals surface area contributed by atoms with Gasteiger partial charge in [-0.2, -0.15) is 0 Å². The van der Waals surface area contributed by atoms with Gasteiger partial charge in [-0.15, -0.1) is 0 Å². The van der Waals surface area contributed by atoms with Crippen LogP contribution in [0, 0.1) is 6.92 Å². The van der Waals surface area contributed by atoms with Crippen molar-refractivity contribution < 1.29 is 9.59 Å². The van der Waals surface area contributed by atoms with E-state index >= 15 is 0 Å². The summed E-state index contributed by atoms with van der Waals surface area (Å²) in [5.41, 5.74) is 2.64. The van der Waals surface area contributed by atoms with Crippen LogP contribution in [0.15, 0.2) is 48.5 Å². The molecule has 1 aliphatic rings. The van der Waals surface area contributed by atoms with Crippen molar-refractivity contribution in [3.63, 3.8) is 0 Å². The highest BCUT2D eigenvalue weighted by molar-refractivity contribution is 6.30. The van der Waals surface area contributed by atoms with E-state index in [1.54, 1.807) is 6.07 Å². The van der Waals surface area contributed by atoms with Crippen LogP contribution in [0.1, 0.15) is 27.9 Å². The zero-order chi connectivity index (χ0) is 18.5. The molecule has 1 saturated heterocycles. The van der Waals surface area contributed by atoms with Crippen molar-refractivity contribution >= 4 is 23.4 Å². The van der Waals surface area contributed by atoms with Gasteiger partial charge in [-0.3, -0.25) is 9.59 Å². The Kier molecular flexibility index (Phi) is 5.94. The molecule has 0 unspecified atom stereocenters. The first-order valence-electron chi connectivity index (χ1n) is 8.92. The van der Waals surface area contributed by atoms with Gasteiger partial charge in [0.15, 0.2) is 0 Å². The largest absolute Gasteiger partial charge is 0.341 e. The van der Waals surface area contributed by atoms with E-state index in [0.717, 1.165) is 23.1 Å². The maximum absolute atomic E-state index is 12.8. The van der Waals surface area contributed by atoms with Gasteiger partial charge in [0, 0.05) is 36.8 Å². The monoisotopic (exact) mass is 370 g/mol. The van der Waals surface area contributed by atoms with E-state index in [9.17, 15) is 9.59 Å². The molecule has 0 N–H and O–H groups in total. The predicted octanol–water partition coefficient (Wildman–Crippen LogP) is 3.57. The standard InChI is InChI=1S/C21H23ClN2O2/c1-16-6-2-3-9-19(16)21(26)24-11-5-10-23(12-13-24)20(25)15-17-7-4-8-18(22)14-17/h2-4,6-9,14H,5,10-13,15H2,1H3. The van der Waals surface area contributed by atoms with Crippen LogP contribution in [0.4, 0.5) is 0 Å². The summed E-state index contributed by atoms with van der Waals surface area (Å²) in [5.74, 6) is 0.129. The summed E-state index contributed by atoms with van der Waals surface area (Å²) in [5, 5.41) is 0.640. The van der Waals surface area contributed by atoms with Crippen LogP contribution in [0.2, 0.25) is 5.02 Å². The Hall–Kier alpha value is -2.33. The summed E-state index contributed by atoms with van der Waals surface area (Å²) in [6, 6.07) is 15.0. The van der Waals surface area contributed by atoms with Gasteiger partial charge in [-0.1, -0.05) is 41.9 Å². The van der Waals surface area contributed by atoms with Gasteiger partial charge in [0.05, 0.1) is 6.42 Å². The molecule has 1 aliphatic heterocycles. The average Bonchev–Trinajstić information content (AvgIpc) is 2.88. The second-order valence-corrected chi connectivity index (χ2v) is 7.08. The van der Waals surface area contributed by atoms with Gasteiger partial charge in [-0.05, 0) is 42.7 Å². The first-order chi connectivity index (χ1) is 12.5. The number of benzene rings is 2. The van der Waals surface area contributed by atoms with Crippen LogP contribution < -0.4 is 0 Å². The lowest BCUT2D eigenvalue weighted by molar-refractivity contribution is -0.130. The van der Waals surface area contributed by atoms with E-state index in [0.29, 0.717) is 37.6 Å². The van der Waals surface area contributed by atoms with Crippen molar-refractivity contribution in [1.29, 1.82) is 0 Å². The number of hydrogen-bond acceptors (Lipinski definition) is 2. The normalized spacial score (nSPS) is 14.8. The Labute approximate surface area is 159 Å². The fourth-order valence-electron chi connectivity index (χ4n) is 3.29. The minimum atomic E-state index is 0.0484. The third-order valence-corrected chi connectivity index (χ3v) is 4.99. The van der Waals surface area contributed by atoms with Crippen molar-refractivity contribution in [1.82, 2.24) is 9.80 Å². The van der Waals surface area contributed by atoms with Gasteiger partial charge in [0.2, 0.25) is 5.91 Å². The summed E-state index contributed by atoms with van der Waals surface area (Å²) in [4.78, 5) is 29.1. The highest BCUT2D eigenvalue weighted by Gasteiger charge is 2.23. The zero-order valence-corrected chi connectivity index (χ0v) is 15.7. The van der Waals surface area contributed by atoms with Crippen LogP contribution in [-0.4, -0.2) is 47.8 Å². The molecule has 0 bridgehead atoms. The Bertz CT molecular complexity index is 806. The minimum absolute atomic E-state index is 0.0484. The first kappa shape index (κ1) is 18.5. The van der Waals surface area contributed by atoms with Crippen molar-refractivity contribution in [2.75, 3.05) is 26.2 Å². The molecule has 0 atom stereocenters. The summed E-state index contributed by atoms with van der Waals surface area (Å²) in [7, 11) is 0. The maximum Gasteiger partial charge on any atom is 0.254 e. The molecule has 4 nitrogen and oxygen atoms in total. The van der Waals surface area contributed by atoms with E-state index in [4.69, 9.17) is 11.6 Å². The number of halogens is 1. The molecule has 1 fully saturated rings. The van der Waals surface area contributed by atoms with Crippen molar-refractivity contribution in [2.24, 2.45) is 0 Å². The topological polar surface area (TPSA) is 40.6 Å². The Morgan fingerprint density at radius 2 is 1.69 bits per heavy atom. The molecular weight excluding hydrogens is 348 g/mol. The molecule has 2 amide bonds. The molecule has 0 spiro atoms. The van der Waals surface area contributed by atoms with Crippen LogP contribution in [0.5, 0.6) is 0 Å². The Morgan fingerprint density at radius 3 is 2.46 bits per heavy atom. The Morgan fingerprint density at radius 1 is 0.962 bits per heavy atom. The van der Waals surface area contributed by atoms with Crippen LogP contribution in [0.25, 0.3) is 0 Å². The SMILES string of the molecule is Cc1ccccc1C(=O)N1CCCN(C(=O)Cc2cccc(Cl)c2)CC1. The molecule has 0 saturated carbocycles. The molecule has 1 heterocycles. The molecule has 0 aromatic heterocycles. The number of aryl methyl sites for hydroxylation is 1. The number of hydrogen-bond donors (Lipinski definition) is 0.